The summed E-state index contributed by atoms with van der Waals surface area (Å²) < 4.78 is 2.10. The molecule has 1 amide bonds. The number of guanidine groups is 1. The van der Waals surface area contributed by atoms with Crippen LogP contribution in [0.4, 0.5) is 0 Å². The van der Waals surface area contributed by atoms with Crippen molar-refractivity contribution >= 4 is 22.9 Å². The van der Waals surface area contributed by atoms with Crippen molar-refractivity contribution in [2.75, 3.05) is 20.1 Å². The maximum atomic E-state index is 12.6. The lowest BCUT2D eigenvalue weighted by atomic mass is 10.1. The number of carbonyl (C=O) groups is 1. The number of aromatic nitrogens is 2. The molecule has 1 aromatic carbocycles. The van der Waals surface area contributed by atoms with Crippen LogP contribution in [-0.4, -0.2) is 52.5 Å². The van der Waals surface area contributed by atoms with Crippen molar-refractivity contribution in [3.63, 3.8) is 0 Å². The van der Waals surface area contributed by atoms with Crippen LogP contribution in [0.5, 0.6) is 0 Å². The molecule has 1 aliphatic heterocycles. The number of carbonyl (C=O) groups excluding carboxylic acids is 1. The standard InChI is InChI=1S/C21H30N6O/c1-22-21(23-13-19-25-17-9-5-6-10-18(17)26(19)2)24-16-11-12-27(14-16)20(28)15-7-3-4-8-15/h5-6,9-10,15-16H,3-4,7-8,11-14H2,1-2H3,(H2,22,23,24). The van der Waals surface area contributed by atoms with Gasteiger partial charge in [0, 0.05) is 39.1 Å². The van der Waals surface area contributed by atoms with Crippen molar-refractivity contribution in [1.29, 1.82) is 0 Å². The topological polar surface area (TPSA) is 74.6 Å². The van der Waals surface area contributed by atoms with Crippen LogP contribution in [0.2, 0.25) is 0 Å². The normalized spacial score (nSPS) is 20.9. The smallest absolute Gasteiger partial charge is 0.225 e. The van der Waals surface area contributed by atoms with E-state index in [1.165, 1.54) is 12.8 Å². The summed E-state index contributed by atoms with van der Waals surface area (Å²) in [6.45, 7) is 2.21. The van der Waals surface area contributed by atoms with E-state index in [4.69, 9.17) is 4.98 Å². The van der Waals surface area contributed by atoms with Gasteiger partial charge in [-0.1, -0.05) is 25.0 Å². The minimum atomic E-state index is 0.247. The van der Waals surface area contributed by atoms with Gasteiger partial charge in [-0.25, -0.2) is 4.98 Å². The molecule has 1 atom stereocenters. The molecule has 0 radical (unpaired) electrons. The average molecular weight is 383 g/mol. The molecule has 2 aliphatic rings. The van der Waals surface area contributed by atoms with Gasteiger partial charge in [-0.3, -0.25) is 9.79 Å². The summed E-state index contributed by atoms with van der Waals surface area (Å²) in [7, 11) is 3.81. The maximum absolute atomic E-state index is 12.6. The highest BCUT2D eigenvalue weighted by Gasteiger charge is 2.32. The molecule has 2 fully saturated rings. The number of imidazole rings is 1. The van der Waals surface area contributed by atoms with Crippen LogP contribution in [0, 0.1) is 5.92 Å². The molecular weight excluding hydrogens is 352 g/mol. The van der Waals surface area contributed by atoms with Crippen molar-refractivity contribution in [1.82, 2.24) is 25.1 Å². The van der Waals surface area contributed by atoms with E-state index in [1.54, 1.807) is 7.05 Å². The quantitative estimate of drug-likeness (QED) is 0.627. The Balaban J connectivity index is 1.31. The van der Waals surface area contributed by atoms with Gasteiger partial charge in [0.25, 0.3) is 0 Å². The van der Waals surface area contributed by atoms with Gasteiger partial charge >= 0.3 is 0 Å². The second kappa shape index (κ2) is 8.20. The summed E-state index contributed by atoms with van der Waals surface area (Å²) in [4.78, 5) is 23.7. The summed E-state index contributed by atoms with van der Waals surface area (Å²) in [6.07, 6.45) is 5.49. The number of aryl methyl sites for hydroxylation is 1. The molecule has 1 unspecified atom stereocenters. The second-order valence-corrected chi connectivity index (χ2v) is 7.90. The highest BCUT2D eigenvalue weighted by Crippen LogP contribution is 2.27. The van der Waals surface area contributed by atoms with E-state index in [2.05, 4.69) is 26.3 Å². The molecule has 7 heteroatoms. The number of para-hydroxylation sites is 2. The molecule has 1 aromatic heterocycles. The van der Waals surface area contributed by atoms with Gasteiger partial charge in [-0.15, -0.1) is 0 Å². The largest absolute Gasteiger partial charge is 0.352 e. The van der Waals surface area contributed by atoms with Crippen molar-refractivity contribution < 1.29 is 4.79 Å². The fourth-order valence-corrected chi connectivity index (χ4v) is 4.41. The summed E-state index contributed by atoms with van der Waals surface area (Å²) in [6, 6.07) is 8.39. The van der Waals surface area contributed by atoms with Crippen LogP contribution < -0.4 is 10.6 Å². The fraction of sp³-hybridized carbons (Fsp3) is 0.571. The third-order valence-electron chi connectivity index (χ3n) is 6.06. The number of hydrogen-bond acceptors (Lipinski definition) is 3. The summed E-state index contributed by atoms with van der Waals surface area (Å²) in [5, 5.41) is 6.84. The molecule has 2 heterocycles. The first-order valence-electron chi connectivity index (χ1n) is 10.3. The number of rotatable bonds is 4. The average Bonchev–Trinajstić information content (AvgIpc) is 3.46. The number of nitrogens with zero attached hydrogens (tertiary/aromatic N) is 4. The fourth-order valence-electron chi connectivity index (χ4n) is 4.41. The minimum Gasteiger partial charge on any atom is -0.352 e. The molecule has 150 valence electrons. The van der Waals surface area contributed by atoms with E-state index in [0.29, 0.717) is 12.5 Å². The van der Waals surface area contributed by atoms with Gasteiger partial charge in [-0.2, -0.15) is 0 Å². The Morgan fingerprint density at radius 1 is 1.25 bits per heavy atom. The van der Waals surface area contributed by atoms with Gasteiger partial charge in [0.2, 0.25) is 5.91 Å². The van der Waals surface area contributed by atoms with Crippen molar-refractivity contribution in [2.24, 2.45) is 18.0 Å². The Hall–Kier alpha value is -2.57. The number of nitrogens with one attached hydrogen (secondary N) is 2. The lowest BCUT2D eigenvalue weighted by Gasteiger charge is -2.21. The van der Waals surface area contributed by atoms with Crippen LogP contribution >= 0.6 is 0 Å². The van der Waals surface area contributed by atoms with Crippen molar-refractivity contribution in [3.05, 3.63) is 30.1 Å². The van der Waals surface area contributed by atoms with Crippen LogP contribution in [0.1, 0.15) is 37.9 Å². The second-order valence-electron chi connectivity index (χ2n) is 7.90. The maximum Gasteiger partial charge on any atom is 0.225 e. The molecule has 0 bridgehead atoms. The third-order valence-corrected chi connectivity index (χ3v) is 6.06. The highest BCUT2D eigenvalue weighted by molar-refractivity contribution is 5.81. The zero-order valence-electron chi connectivity index (χ0n) is 16.8. The molecule has 2 N–H and O–H groups in total. The van der Waals surface area contributed by atoms with Gasteiger partial charge < -0.3 is 20.1 Å². The van der Waals surface area contributed by atoms with Crippen LogP contribution in [0.25, 0.3) is 11.0 Å². The molecule has 28 heavy (non-hydrogen) atoms. The molecule has 1 aliphatic carbocycles. The molecule has 7 nitrogen and oxygen atoms in total. The number of hydrogen-bond donors (Lipinski definition) is 2. The predicted molar refractivity (Wildman–Crippen MR) is 111 cm³/mol. The van der Waals surface area contributed by atoms with Gasteiger partial charge in [0.1, 0.15) is 5.82 Å². The molecule has 0 spiro atoms. The van der Waals surface area contributed by atoms with E-state index in [1.807, 2.05) is 30.1 Å². The predicted octanol–water partition coefficient (Wildman–Crippen LogP) is 2.03. The molecule has 2 aromatic rings. The van der Waals surface area contributed by atoms with Gasteiger partial charge in [-0.05, 0) is 31.4 Å². The highest BCUT2D eigenvalue weighted by atomic mass is 16.2. The Kier molecular flexibility index (Phi) is 5.50. The molecule has 1 saturated heterocycles. The summed E-state index contributed by atoms with van der Waals surface area (Å²) in [5.41, 5.74) is 2.13. The number of likely N-dealkylation sites (tertiary alicyclic amines) is 1. The van der Waals surface area contributed by atoms with E-state index in [-0.39, 0.29) is 12.0 Å². The minimum absolute atomic E-state index is 0.247. The number of fused-ring (bicyclic) bond motifs is 1. The van der Waals surface area contributed by atoms with E-state index in [9.17, 15) is 4.79 Å². The molecular formula is C21H30N6O. The Bertz CT molecular complexity index is 867. The first-order valence-corrected chi connectivity index (χ1v) is 10.3. The first-order chi connectivity index (χ1) is 13.7. The Labute approximate surface area is 166 Å². The number of amides is 1. The van der Waals surface area contributed by atoms with E-state index >= 15 is 0 Å². The van der Waals surface area contributed by atoms with E-state index < -0.39 is 0 Å². The number of benzene rings is 1. The zero-order chi connectivity index (χ0) is 19.5. The Morgan fingerprint density at radius 2 is 2.04 bits per heavy atom. The zero-order valence-corrected chi connectivity index (χ0v) is 16.8. The lowest BCUT2D eigenvalue weighted by molar-refractivity contribution is -0.134. The van der Waals surface area contributed by atoms with Crippen LogP contribution in [-0.2, 0) is 18.4 Å². The summed E-state index contributed by atoms with van der Waals surface area (Å²) in [5.74, 6) is 2.33. The summed E-state index contributed by atoms with van der Waals surface area (Å²) >= 11 is 0. The van der Waals surface area contributed by atoms with Crippen molar-refractivity contribution in [2.45, 2.75) is 44.7 Å². The molecule has 4 rings (SSSR count). The van der Waals surface area contributed by atoms with Gasteiger partial charge in [0.05, 0.1) is 17.6 Å². The first kappa shape index (κ1) is 18.8. The Morgan fingerprint density at radius 3 is 2.79 bits per heavy atom. The van der Waals surface area contributed by atoms with Gasteiger partial charge in [0.15, 0.2) is 5.96 Å². The van der Waals surface area contributed by atoms with E-state index in [0.717, 1.165) is 55.2 Å². The molecule has 1 saturated carbocycles. The monoisotopic (exact) mass is 382 g/mol. The third kappa shape index (κ3) is 3.84. The lowest BCUT2D eigenvalue weighted by Crippen LogP contribution is -2.45. The van der Waals surface area contributed by atoms with Crippen LogP contribution in [0.15, 0.2) is 29.3 Å². The number of aliphatic imine (C=N–C) groups is 1. The van der Waals surface area contributed by atoms with Crippen molar-refractivity contribution in [3.8, 4) is 0 Å². The van der Waals surface area contributed by atoms with Crippen LogP contribution in [0.3, 0.4) is 0 Å². The SMILES string of the molecule is CN=C(NCc1nc2ccccc2n1C)NC1CCN(C(=O)C2CCCC2)C1.